The van der Waals surface area contributed by atoms with E-state index in [2.05, 4.69) is 15.3 Å². The SMILES string of the molecule is O=C(Nc1ccc(F)nc1)c1cc(Cl)nc(Cl)c1. The number of aromatic nitrogens is 2. The maximum Gasteiger partial charge on any atom is 0.255 e. The molecule has 0 saturated heterocycles. The molecule has 0 aliphatic heterocycles. The van der Waals surface area contributed by atoms with Gasteiger partial charge >= 0.3 is 0 Å². The van der Waals surface area contributed by atoms with Crippen LogP contribution in [0.2, 0.25) is 10.3 Å². The van der Waals surface area contributed by atoms with Gasteiger partial charge in [0.25, 0.3) is 5.91 Å². The summed E-state index contributed by atoms with van der Waals surface area (Å²) in [5.74, 6) is -1.06. The Morgan fingerprint density at radius 3 is 2.44 bits per heavy atom. The number of carbonyl (C=O) groups excluding carboxylic acids is 1. The molecule has 7 heteroatoms. The van der Waals surface area contributed by atoms with Gasteiger partial charge in [-0.05, 0) is 24.3 Å². The van der Waals surface area contributed by atoms with Gasteiger partial charge in [-0.3, -0.25) is 4.79 Å². The molecule has 0 aromatic carbocycles. The highest BCUT2D eigenvalue weighted by Gasteiger charge is 2.09. The van der Waals surface area contributed by atoms with Crippen LogP contribution in [0.3, 0.4) is 0 Å². The lowest BCUT2D eigenvalue weighted by Crippen LogP contribution is -2.12. The van der Waals surface area contributed by atoms with Crippen molar-refractivity contribution in [3.63, 3.8) is 0 Å². The number of halogens is 3. The van der Waals surface area contributed by atoms with Gasteiger partial charge < -0.3 is 5.32 Å². The summed E-state index contributed by atoms with van der Waals surface area (Å²) in [6, 6.07) is 5.28. The van der Waals surface area contributed by atoms with E-state index in [1.54, 1.807) is 0 Å². The van der Waals surface area contributed by atoms with Gasteiger partial charge in [0.15, 0.2) is 0 Å². The molecule has 0 unspecified atom stereocenters. The minimum atomic E-state index is -0.622. The van der Waals surface area contributed by atoms with Crippen LogP contribution in [0.1, 0.15) is 10.4 Å². The molecule has 0 fully saturated rings. The largest absolute Gasteiger partial charge is 0.321 e. The second-order valence-electron chi connectivity index (χ2n) is 3.32. The Bertz CT molecular complexity index is 569. The van der Waals surface area contributed by atoms with Crippen LogP contribution in [0.15, 0.2) is 30.5 Å². The highest BCUT2D eigenvalue weighted by atomic mass is 35.5. The number of anilines is 1. The molecular weight excluding hydrogens is 280 g/mol. The van der Waals surface area contributed by atoms with Crippen molar-refractivity contribution >= 4 is 34.8 Å². The van der Waals surface area contributed by atoms with Gasteiger partial charge in [0.1, 0.15) is 10.3 Å². The normalized spacial score (nSPS) is 10.2. The van der Waals surface area contributed by atoms with E-state index in [1.807, 2.05) is 0 Å². The molecule has 0 bridgehead atoms. The van der Waals surface area contributed by atoms with Crippen LogP contribution in [0.5, 0.6) is 0 Å². The van der Waals surface area contributed by atoms with Crippen molar-refractivity contribution in [1.29, 1.82) is 0 Å². The zero-order chi connectivity index (χ0) is 13.1. The standard InChI is InChI=1S/C11H6Cl2FN3O/c12-8-3-6(4-9(13)17-8)11(18)16-7-1-2-10(14)15-5-7/h1-5H,(H,16,18). The summed E-state index contributed by atoms with van der Waals surface area (Å²) >= 11 is 11.4. The predicted octanol–water partition coefficient (Wildman–Crippen LogP) is 3.17. The average Bonchev–Trinajstić information content (AvgIpc) is 2.31. The molecule has 0 atom stereocenters. The van der Waals surface area contributed by atoms with Crippen LogP contribution in [0.25, 0.3) is 0 Å². The van der Waals surface area contributed by atoms with Gasteiger partial charge in [-0.25, -0.2) is 9.97 Å². The van der Waals surface area contributed by atoms with E-state index in [-0.39, 0.29) is 15.9 Å². The first kappa shape index (κ1) is 12.7. The smallest absolute Gasteiger partial charge is 0.255 e. The molecule has 2 heterocycles. The van der Waals surface area contributed by atoms with Crippen LogP contribution < -0.4 is 5.32 Å². The van der Waals surface area contributed by atoms with E-state index in [0.29, 0.717) is 5.69 Å². The topological polar surface area (TPSA) is 54.9 Å². The highest BCUT2D eigenvalue weighted by molar-refractivity contribution is 6.33. The molecule has 0 saturated carbocycles. The number of carbonyl (C=O) groups is 1. The van der Waals surface area contributed by atoms with Gasteiger partial charge in [0, 0.05) is 5.56 Å². The lowest BCUT2D eigenvalue weighted by molar-refractivity contribution is 0.102. The molecule has 2 rings (SSSR count). The van der Waals surface area contributed by atoms with Gasteiger partial charge in [-0.15, -0.1) is 0 Å². The number of nitrogens with one attached hydrogen (secondary N) is 1. The molecular formula is C11H6Cl2FN3O. The fourth-order valence-corrected chi connectivity index (χ4v) is 1.71. The van der Waals surface area contributed by atoms with Crippen LogP contribution in [-0.2, 0) is 0 Å². The summed E-state index contributed by atoms with van der Waals surface area (Å²) in [6.45, 7) is 0. The van der Waals surface area contributed by atoms with Gasteiger partial charge in [-0.1, -0.05) is 23.2 Å². The van der Waals surface area contributed by atoms with Crippen molar-refractivity contribution < 1.29 is 9.18 Å². The Balaban J connectivity index is 2.19. The van der Waals surface area contributed by atoms with Crippen LogP contribution in [-0.4, -0.2) is 15.9 Å². The first-order valence-corrected chi connectivity index (χ1v) is 5.56. The summed E-state index contributed by atoms with van der Waals surface area (Å²) in [7, 11) is 0. The summed E-state index contributed by atoms with van der Waals surface area (Å²) in [5.41, 5.74) is 0.620. The molecule has 1 N–H and O–H groups in total. The number of hydrogen-bond donors (Lipinski definition) is 1. The van der Waals surface area contributed by atoms with E-state index < -0.39 is 11.9 Å². The quantitative estimate of drug-likeness (QED) is 0.863. The van der Waals surface area contributed by atoms with Crippen molar-refractivity contribution in [3.05, 3.63) is 52.3 Å². The molecule has 0 aliphatic carbocycles. The fourth-order valence-electron chi connectivity index (χ4n) is 1.25. The average molecular weight is 286 g/mol. The van der Waals surface area contributed by atoms with E-state index in [9.17, 15) is 9.18 Å². The second kappa shape index (κ2) is 5.29. The second-order valence-corrected chi connectivity index (χ2v) is 4.10. The molecule has 0 radical (unpaired) electrons. The summed E-state index contributed by atoms with van der Waals surface area (Å²) < 4.78 is 12.6. The molecule has 2 aromatic rings. The van der Waals surface area contributed by atoms with Crippen molar-refractivity contribution in [2.45, 2.75) is 0 Å². The fraction of sp³-hybridized carbons (Fsp3) is 0. The van der Waals surface area contributed by atoms with Gasteiger partial charge in [0.05, 0.1) is 11.9 Å². The van der Waals surface area contributed by atoms with E-state index >= 15 is 0 Å². The van der Waals surface area contributed by atoms with Gasteiger partial charge in [-0.2, -0.15) is 4.39 Å². The van der Waals surface area contributed by atoms with E-state index in [0.717, 1.165) is 6.07 Å². The maximum atomic E-state index is 12.6. The molecule has 4 nitrogen and oxygen atoms in total. The third-order valence-electron chi connectivity index (χ3n) is 2.01. The molecule has 1 amide bonds. The summed E-state index contributed by atoms with van der Waals surface area (Å²) in [5, 5.41) is 2.76. The molecule has 18 heavy (non-hydrogen) atoms. The zero-order valence-corrected chi connectivity index (χ0v) is 10.3. The monoisotopic (exact) mass is 285 g/mol. The lowest BCUT2D eigenvalue weighted by atomic mass is 10.2. The molecule has 2 aromatic heterocycles. The number of pyridine rings is 2. The number of rotatable bonds is 2. The molecule has 92 valence electrons. The Labute approximate surface area is 112 Å². The minimum absolute atomic E-state index is 0.116. The van der Waals surface area contributed by atoms with Crippen molar-refractivity contribution in [2.24, 2.45) is 0 Å². The zero-order valence-electron chi connectivity index (χ0n) is 8.82. The Morgan fingerprint density at radius 1 is 1.22 bits per heavy atom. The van der Waals surface area contributed by atoms with E-state index in [1.165, 1.54) is 24.4 Å². The predicted molar refractivity (Wildman–Crippen MR) is 66.4 cm³/mol. The van der Waals surface area contributed by atoms with Gasteiger partial charge in [0.2, 0.25) is 5.95 Å². The van der Waals surface area contributed by atoms with Crippen molar-refractivity contribution in [2.75, 3.05) is 5.32 Å². The Kier molecular flexibility index (Phi) is 3.74. The number of nitrogens with zero attached hydrogens (tertiary/aromatic N) is 2. The molecule has 0 aliphatic rings. The minimum Gasteiger partial charge on any atom is -0.321 e. The third kappa shape index (κ3) is 3.15. The first-order chi connectivity index (χ1) is 8.54. The van der Waals surface area contributed by atoms with Crippen molar-refractivity contribution in [3.8, 4) is 0 Å². The Morgan fingerprint density at radius 2 is 1.89 bits per heavy atom. The summed E-state index contributed by atoms with van der Waals surface area (Å²) in [6.07, 6.45) is 1.21. The van der Waals surface area contributed by atoms with Crippen LogP contribution >= 0.6 is 23.2 Å². The number of hydrogen-bond acceptors (Lipinski definition) is 3. The van der Waals surface area contributed by atoms with Crippen LogP contribution in [0, 0.1) is 5.95 Å². The number of amides is 1. The molecule has 0 spiro atoms. The van der Waals surface area contributed by atoms with E-state index in [4.69, 9.17) is 23.2 Å². The maximum absolute atomic E-state index is 12.6. The third-order valence-corrected chi connectivity index (χ3v) is 2.40. The lowest BCUT2D eigenvalue weighted by Gasteiger charge is -2.05. The van der Waals surface area contributed by atoms with Crippen LogP contribution in [0.4, 0.5) is 10.1 Å². The highest BCUT2D eigenvalue weighted by Crippen LogP contribution is 2.16. The first-order valence-electron chi connectivity index (χ1n) is 4.80. The summed E-state index contributed by atoms with van der Waals surface area (Å²) in [4.78, 5) is 19.0. The Hall–Kier alpha value is -1.72. The van der Waals surface area contributed by atoms with Crippen molar-refractivity contribution in [1.82, 2.24) is 9.97 Å².